The van der Waals surface area contributed by atoms with Crippen molar-refractivity contribution in [1.29, 1.82) is 0 Å². The Labute approximate surface area is 66.3 Å². The predicted molar refractivity (Wildman–Crippen MR) is 42.3 cm³/mol. The average molecular weight is 166 g/mol. The number of aliphatic carboxylic acids is 1. The summed E-state index contributed by atoms with van der Waals surface area (Å²) in [5, 5.41) is 8.25. The van der Waals surface area contributed by atoms with Crippen LogP contribution >= 0.6 is 12.4 Å². The quantitative estimate of drug-likeness (QED) is 0.608. The van der Waals surface area contributed by atoms with Gasteiger partial charge in [-0.25, -0.2) is 0 Å². The number of hydrogen-bond acceptors (Lipinski definition) is 2. The van der Waals surface area contributed by atoms with Gasteiger partial charge in [-0.2, -0.15) is 0 Å². The Morgan fingerprint density at radius 3 is 2.60 bits per heavy atom. The molecule has 60 valence electrons. The first-order valence-corrected chi connectivity index (χ1v) is 2.78. The zero-order chi connectivity index (χ0) is 7.28. The van der Waals surface area contributed by atoms with E-state index in [1.165, 1.54) is 0 Å². The SMILES string of the molecule is C/C=C\C[C@H](N)C(=O)O.Cl. The summed E-state index contributed by atoms with van der Waals surface area (Å²) >= 11 is 0. The number of hydrogen-bond donors (Lipinski definition) is 2. The Hall–Kier alpha value is -0.540. The van der Waals surface area contributed by atoms with Crippen LogP contribution in [0.15, 0.2) is 12.2 Å². The predicted octanol–water partition coefficient (Wildman–Crippen LogP) is 0.786. The fraction of sp³-hybridized carbons (Fsp3) is 0.500. The first-order valence-electron chi connectivity index (χ1n) is 2.78. The van der Waals surface area contributed by atoms with Gasteiger partial charge in [0.2, 0.25) is 0 Å². The molecule has 0 fully saturated rings. The van der Waals surface area contributed by atoms with Gasteiger partial charge in [-0.15, -0.1) is 12.4 Å². The fourth-order valence-corrected chi connectivity index (χ4v) is 0.384. The van der Waals surface area contributed by atoms with Crippen molar-refractivity contribution in [2.45, 2.75) is 19.4 Å². The van der Waals surface area contributed by atoms with Gasteiger partial charge in [-0.05, 0) is 13.3 Å². The fourth-order valence-electron chi connectivity index (χ4n) is 0.384. The van der Waals surface area contributed by atoms with Gasteiger partial charge in [0, 0.05) is 0 Å². The molecule has 0 saturated heterocycles. The summed E-state index contributed by atoms with van der Waals surface area (Å²) in [6.07, 6.45) is 3.92. The molecule has 0 aliphatic carbocycles. The monoisotopic (exact) mass is 165 g/mol. The minimum absolute atomic E-state index is 0. The number of halogens is 1. The van der Waals surface area contributed by atoms with Crippen LogP contribution in [0.4, 0.5) is 0 Å². The van der Waals surface area contributed by atoms with Gasteiger partial charge >= 0.3 is 5.97 Å². The Bertz CT molecular complexity index is 125. The van der Waals surface area contributed by atoms with E-state index in [0.29, 0.717) is 6.42 Å². The summed E-state index contributed by atoms with van der Waals surface area (Å²) in [4.78, 5) is 10.0. The number of rotatable bonds is 3. The van der Waals surface area contributed by atoms with Gasteiger partial charge in [-0.1, -0.05) is 12.2 Å². The molecular formula is C6H12ClNO2. The van der Waals surface area contributed by atoms with Gasteiger partial charge in [-0.3, -0.25) is 4.79 Å². The first kappa shape index (κ1) is 12.2. The molecule has 0 heterocycles. The van der Waals surface area contributed by atoms with Gasteiger partial charge in [0.15, 0.2) is 0 Å². The molecule has 3 nitrogen and oxygen atoms in total. The van der Waals surface area contributed by atoms with Crippen molar-refractivity contribution in [2.24, 2.45) is 5.73 Å². The van der Waals surface area contributed by atoms with Crippen molar-refractivity contribution < 1.29 is 9.90 Å². The normalized spacial score (nSPS) is 12.6. The molecule has 10 heavy (non-hydrogen) atoms. The number of carbonyl (C=O) groups is 1. The Kier molecular flexibility index (Phi) is 8.00. The average Bonchev–Trinajstić information content (AvgIpc) is 1.82. The number of nitrogens with two attached hydrogens (primary N) is 1. The van der Waals surface area contributed by atoms with Crippen LogP contribution in [0.5, 0.6) is 0 Å². The van der Waals surface area contributed by atoms with E-state index >= 15 is 0 Å². The molecule has 0 bridgehead atoms. The van der Waals surface area contributed by atoms with E-state index in [2.05, 4.69) is 0 Å². The van der Waals surface area contributed by atoms with E-state index in [-0.39, 0.29) is 12.4 Å². The molecule has 4 heteroatoms. The molecule has 0 unspecified atom stereocenters. The van der Waals surface area contributed by atoms with Crippen molar-refractivity contribution in [3.05, 3.63) is 12.2 Å². The van der Waals surface area contributed by atoms with Crippen LogP contribution in [0, 0.1) is 0 Å². The highest BCUT2D eigenvalue weighted by Gasteiger charge is 2.07. The molecular weight excluding hydrogens is 154 g/mol. The molecule has 0 aliphatic rings. The Balaban J connectivity index is 0. The van der Waals surface area contributed by atoms with Gasteiger partial charge in [0.05, 0.1) is 0 Å². The maximum Gasteiger partial charge on any atom is 0.320 e. The van der Waals surface area contributed by atoms with Crippen molar-refractivity contribution in [3.8, 4) is 0 Å². The lowest BCUT2D eigenvalue weighted by atomic mass is 10.2. The van der Waals surface area contributed by atoms with Crippen molar-refractivity contribution in [3.63, 3.8) is 0 Å². The molecule has 0 spiro atoms. The highest BCUT2D eigenvalue weighted by Crippen LogP contribution is 1.88. The number of carboxylic acids is 1. The maximum absolute atomic E-state index is 10.0. The summed E-state index contributed by atoms with van der Waals surface area (Å²) in [5.41, 5.74) is 5.15. The third kappa shape index (κ3) is 5.59. The molecule has 0 rings (SSSR count). The number of allylic oxidation sites excluding steroid dienone is 1. The maximum atomic E-state index is 10.0. The Morgan fingerprint density at radius 1 is 1.80 bits per heavy atom. The standard InChI is InChI=1S/C6H11NO2.ClH/c1-2-3-4-5(7)6(8)9;/h2-3,5H,4,7H2,1H3,(H,8,9);1H/b3-2-;/t5-;/m0./s1. The van der Waals surface area contributed by atoms with Crippen LogP contribution in [0.1, 0.15) is 13.3 Å². The van der Waals surface area contributed by atoms with Crippen LogP contribution in [0.2, 0.25) is 0 Å². The first-order chi connectivity index (χ1) is 4.18. The molecule has 0 aliphatic heterocycles. The molecule has 0 amide bonds. The summed E-state index contributed by atoms with van der Waals surface area (Å²) in [6.45, 7) is 1.83. The van der Waals surface area contributed by atoms with E-state index in [4.69, 9.17) is 10.8 Å². The van der Waals surface area contributed by atoms with Crippen LogP contribution in [0.3, 0.4) is 0 Å². The third-order valence-electron chi connectivity index (χ3n) is 0.943. The molecule has 1 atom stereocenters. The summed E-state index contributed by atoms with van der Waals surface area (Å²) in [7, 11) is 0. The van der Waals surface area contributed by atoms with Crippen LogP contribution in [-0.2, 0) is 4.79 Å². The smallest absolute Gasteiger partial charge is 0.320 e. The summed E-state index contributed by atoms with van der Waals surface area (Å²) < 4.78 is 0. The number of carboxylic acid groups (broad SMARTS) is 1. The highest BCUT2D eigenvalue weighted by atomic mass is 35.5. The third-order valence-corrected chi connectivity index (χ3v) is 0.943. The van der Waals surface area contributed by atoms with Crippen molar-refractivity contribution in [1.82, 2.24) is 0 Å². The zero-order valence-electron chi connectivity index (χ0n) is 5.78. The second-order valence-electron chi connectivity index (χ2n) is 1.75. The molecule has 3 N–H and O–H groups in total. The van der Waals surface area contributed by atoms with E-state index in [9.17, 15) is 4.79 Å². The molecule has 0 aromatic carbocycles. The minimum Gasteiger partial charge on any atom is -0.480 e. The Morgan fingerprint density at radius 2 is 2.30 bits per heavy atom. The highest BCUT2D eigenvalue weighted by molar-refractivity contribution is 5.85. The molecule has 0 aromatic rings. The zero-order valence-corrected chi connectivity index (χ0v) is 6.60. The molecule has 0 radical (unpaired) electrons. The largest absolute Gasteiger partial charge is 0.480 e. The van der Waals surface area contributed by atoms with E-state index in [1.54, 1.807) is 12.2 Å². The van der Waals surface area contributed by atoms with Crippen molar-refractivity contribution >= 4 is 18.4 Å². The summed E-state index contributed by atoms with van der Waals surface area (Å²) in [5.74, 6) is -0.951. The van der Waals surface area contributed by atoms with Gasteiger partial charge in [0.25, 0.3) is 0 Å². The van der Waals surface area contributed by atoms with Crippen LogP contribution < -0.4 is 5.73 Å². The van der Waals surface area contributed by atoms with Crippen LogP contribution in [0.25, 0.3) is 0 Å². The van der Waals surface area contributed by atoms with Crippen molar-refractivity contribution in [2.75, 3.05) is 0 Å². The lowest BCUT2D eigenvalue weighted by Gasteiger charge is -1.98. The van der Waals surface area contributed by atoms with Gasteiger partial charge < -0.3 is 10.8 Å². The summed E-state index contributed by atoms with van der Waals surface area (Å²) in [6, 6.07) is -0.749. The lowest BCUT2D eigenvalue weighted by Crippen LogP contribution is -2.29. The minimum atomic E-state index is -0.951. The van der Waals surface area contributed by atoms with Crippen LogP contribution in [-0.4, -0.2) is 17.1 Å². The van der Waals surface area contributed by atoms with E-state index < -0.39 is 12.0 Å². The van der Waals surface area contributed by atoms with E-state index in [0.717, 1.165) is 0 Å². The van der Waals surface area contributed by atoms with E-state index in [1.807, 2.05) is 6.92 Å². The lowest BCUT2D eigenvalue weighted by molar-refractivity contribution is -0.138. The van der Waals surface area contributed by atoms with Gasteiger partial charge in [0.1, 0.15) is 6.04 Å². The second kappa shape index (κ2) is 6.58. The second-order valence-corrected chi connectivity index (χ2v) is 1.75. The molecule has 0 aromatic heterocycles. The topological polar surface area (TPSA) is 63.3 Å². The molecule has 0 saturated carbocycles.